The van der Waals surface area contributed by atoms with Crippen molar-refractivity contribution in [2.75, 3.05) is 12.4 Å². The number of aryl methyl sites for hydroxylation is 1. The molecule has 0 saturated heterocycles. The molecule has 6 heteroatoms. The summed E-state index contributed by atoms with van der Waals surface area (Å²) in [5.74, 6) is 0.238. The van der Waals surface area contributed by atoms with Crippen molar-refractivity contribution < 1.29 is 15.0 Å². The Balaban J connectivity index is 1.36. The van der Waals surface area contributed by atoms with E-state index in [0.29, 0.717) is 5.02 Å². The van der Waals surface area contributed by atoms with E-state index in [2.05, 4.69) is 61.5 Å². The van der Waals surface area contributed by atoms with Gasteiger partial charge in [0.15, 0.2) is 0 Å². The number of nitrogens with zero attached hydrogens (tertiary/aromatic N) is 1. The Bertz CT molecular complexity index is 1550. The number of aliphatic hydroxyl groups is 1. The topological polar surface area (TPSA) is 70.4 Å². The van der Waals surface area contributed by atoms with Crippen molar-refractivity contribution >= 4 is 52.4 Å². The lowest BCUT2D eigenvalue weighted by molar-refractivity contribution is -0.138. The molecular weight excluding hydrogens is 550 g/mol. The Kier molecular flexibility index (Phi) is 9.49. The van der Waals surface area contributed by atoms with E-state index in [1.807, 2.05) is 48.2 Å². The number of hydrogen-bond donors (Lipinski definition) is 2. The van der Waals surface area contributed by atoms with Crippen LogP contribution < -0.4 is 0 Å². The Morgan fingerprint density at radius 1 is 1.05 bits per heavy atom. The average Bonchev–Trinajstić information content (AvgIpc) is 3.74. The number of aromatic nitrogens is 1. The van der Waals surface area contributed by atoms with Crippen LogP contribution in [-0.4, -0.2) is 33.5 Å². The number of rotatable bonds is 13. The molecule has 1 unspecified atom stereocenters. The lowest BCUT2D eigenvalue weighted by atomic mass is 9.92. The van der Waals surface area contributed by atoms with Gasteiger partial charge in [0, 0.05) is 33.9 Å². The minimum absolute atomic E-state index is 0.0692. The van der Waals surface area contributed by atoms with Gasteiger partial charge in [-0.15, -0.1) is 0 Å². The maximum absolute atomic E-state index is 11.5. The summed E-state index contributed by atoms with van der Waals surface area (Å²) in [7, 11) is 0. The van der Waals surface area contributed by atoms with Gasteiger partial charge < -0.3 is 10.2 Å². The van der Waals surface area contributed by atoms with Crippen LogP contribution in [0.5, 0.6) is 0 Å². The summed E-state index contributed by atoms with van der Waals surface area (Å²) in [5, 5.41) is 21.2. The lowest BCUT2D eigenvalue weighted by Gasteiger charge is -2.22. The maximum Gasteiger partial charge on any atom is 0.303 e. The summed E-state index contributed by atoms with van der Waals surface area (Å²) in [5.41, 5.74) is 6.48. The minimum atomic E-state index is -0.705. The van der Waals surface area contributed by atoms with Gasteiger partial charge in [-0.25, -0.2) is 4.98 Å². The van der Waals surface area contributed by atoms with Gasteiger partial charge in [-0.3, -0.25) is 4.79 Å². The fourth-order valence-electron chi connectivity index (χ4n) is 5.36. The second-order valence-corrected chi connectivity index (χ2v) is 12.9. The van der Waals surface area contributed by atoms with Crippen molar-refractivity contribution in [1.82, 2.24) is 4.98 Å². The fourth-order valence-corrected chi connectivity index (χ4v) is 7.10. The van der Waals surface area contributed by atoms with Gasteiger partial charge in [-0.05, 0) is 77.6 Å². The van der Waals surface area contributed by atoms with Gasteiger partial charge >= 0.3 is 5.97 Å². The van der Waals surface area contributed by atoms with Gasteiger partial charge in [-0.1, -0.05) is 85.3 Å². The zero-order valence-electron chi connectivity index (χ0n) is 23.3. The predicted molar refractivity (Wildman–Crippen MR) is 172 cm³/mol. The molecule has 4 nitrogen and oxygen atoms in total. The highest BCUT2D eigenvalue weighted by Crippen LogP contribution is 2.53. The number of carbonyl (C=O) groups is 1. The first-order valence-electron chi connectivity index (χ1n) is 14.2. The molecule has 2 atom stereocenters. The van der Waals surface area contributed by atoms with E-state index in [0.717, 1.165) is 53.6 Å². The SMILES string of the molecule is CC(CO)c1ccccc1CC[C@@H](SCC1(CC(=O)O)CC1)c1cccc(C=Cc2ccc3ccc(Cl)cc3n2)c1. The molecule has 1 fully saturated rings. The number of carboxylic acids is 1. The summed E-state index contributed by atoms with van der Waals surface area (Å²) in [6, 6.07) is 26.8. The van der Waals surface area contributed by atoms with Crippen molar-refractivity contribution in [2.45, 2.75) is 50.2 Å². The normalized spacial score (nSPS) is 15.7. The van der Waals surface area contributed by atoms with E-state index in [-0.39, 0.29) is 29.6 Å². The maximum atomic E-state index is 11.5. The Hall–Kier alpha value is -3.12. The van der Waals surface area contributed by atoms with Crippen LogP contribution in [0.4, 0.5) is 0 Å². The third-order valence-electron chi connectivity index (χ3n) is 8.01. The van der Waals surface area contributed by atoms with E-state index >= 15 is 0 Å². The quantitative estimate of drug-likeness (QED) is 0.164. The first-order valence-corrected chi connectivity index (χ1v) is 15.6. The van der Waals surface area contributed by atoms with Crippen molar-refractivity contribution in [3.63, 3.8) is 0 Å². The Morgan fingerprint density at radius 2 is 1.85 bits per heavy atom. The number of carboxylic acid groups (broad SMARTS) is 1. The molecule has 0 spiro atoms. The third kappa shape index (κ3) is 7.79. The molecule has 41 heavy (non-hydrogen) atoms. The molecule has 1 aliphatic rings. The predicted octanol–water partition coefficient (Wildman–Crippen LogP) is 8.82. The van der Waals surface area contributed by atoms with Gasteiger partial charge in [0.1, 0.15) is 0 Å². The Labute approximate surface area is 251 Å². The number of aliphatic hydroxyl groups excluding tert-OH is 1. The number of pyridine rings is 1. The van der Waals surface area contributed by atoms with Crippen molar-refractivity contribution in [2.24, 2.45) is 5.41 Å². The number of aliphatic carboxylic acids is 1. The van der Waals surface area contributed by atoms with Gasteiger partial charge in [0.2, 0.25) is 0 Å². The molecule has 1 saturated carbocycles. The highest BCUT2D eigenvalue weighted by molar-refractivity contribution is 7.99. The molecule has 3 aromatic carbocycles. The number of hydrogen-bond acceptors (Lipinski definition) is 4. The van der Waals surface area contributed by atoms with Crippen molar-refractivity contribution in [1.29, 1.82) is 0 Å². The molecule has 0 amide bonds. The number of halogens is 1. The van der Waals surface area contributed by atoms with Gasteiger partial charge in [0.05, 0.1) is 17.6 Å². The van der Waals surface area contributed by atoms with E-state index in [1.54, 1.807) is 0 Å². The second kappa shape index (κ2) is 13.2. The monoisotopic (exact) mass is 585 g/mol. The van der Waals surface area contributed by atoms with Crippen LogP contribution in [0.2, 0.25) is 5.02 Å². The molecule has 1 aromatic heterocycles. The van der Waals surface area contributed by atoms with Crippen LogP contribution in [0.25, 0.3) is 23.1 Å². The summed E-state index contributed by atoms with van der Waals surface area (Å²) >= 11 is 8.06. The smallest absolute Gasteiger partial charge is 0.303 e. The van der Waals surface area contributed by atoms with E-state index in [4.69, 9.17) is 16.6 Å². The second-order valence-electron chi connectivity index (χ2n) is 11.3. The van der Waals surface area contributed by atoms with Crippen LogP contribution in [0, 0.1) is 5.41 Å². The highest BCUT2D eigenvalue weighted by Gasteiger charge is 2.44. The number of fused-ring (bicyclic) bond motifs is 1. The molecule has 5 rings (SSSR count). The van der Waals surface area contributed by atoms with Crippen LogP contribution in [0.15, 0.2) is 78.9 Å². The zero-order valence-corrected chi connectivity index (χ0v) is 24.9. The lowest BCUT2D eigenvalue weighted by Crippen LogP contribution is -2.12. The standard InChI is InChI=1S/C35H36ClNO3S/c1-24(22-38)31-8-3-2-6-26(31)12-16-33(41-23-35(17-18-35)21-34(39)40)28-7-4-5-25(19-28)9-14-30-15-11-27-10-13-29(36)20-32(27)37-30/h2-11,13-15,19-20,24,33,38H,12,16-18,21-23H2,1H3,(H,39,40)/t24?,33-/m1/s1. The zero-order chi connectivity index (χ0) is 28.8. The summed E-state index contributed by atoms with van der Waals surface area (Å²) in [6.45, 7) is 2.18. The summed E-state index contributed by atoms with van der Waals surface area (Å²) < 4.78 is 0. The van der Waals surface area contributed by atoms with Crippen LogP contribution >= 0.6 is 23.4 Å². The fraction of sp³-hybridized carbons (Fsp3) is 0.314. The van der Waals surface area contributed by atoms with E-state index in [9.17, 15) is 15.0 Å². The first-order chi connectivity index (χ1) is 19.8. The number of benzene rings is 3. The molecule has 0 aliphatic heterocycles. The molecule has 4 aromatic rings. The largest absolute Gasteiger partial charge is 0.481 e. The molecule has 212 valence electrons. The van der Waals surface area contributed by atoms with Gasteiger partial charge in [0.25, 0.3) is 0 Å². The van der Waals surface area contributed by atoms with Crippen LogP contribution in [0.3, 0.4) is 0 Å². The molecule has 1 heterocycles. The molecular formula is C35H36ClNO3S. The minimum Gasteiger partial charge on any atom is -0.481 e. The van der Waals surface area contributed by atoms with Gasteiger partial charge in [-0.2, -0.15) is 11.8 Å². The molecule has 0 bridgehead atoms. The van der Waals surface area contributed by atoms with E-state index in [1.165, 1.54) is 16.7 Å². The highest BCUT2D eigenvalue weighted by atomic mass is 35.5. The molecule has 0 radical (unpaired) electrons. The van der Waals surface area contributed by atoms with E-state index < -0.39 is 5.97 Å². The Morgan fingerprint density at radius 3 is 2.63 bits per heavy atom. The molecule has 1 aliphatic carbocycles. The van der Waals surface area contributed by atoms with Crippen LogP contribution in [0.1, 0.15) is 71.7 Å². The average molecular weight is 586 g/mol. The molecule has 2 N–H and O–H groups in total. The van der Waals surface area contributed by atoms with Crippen LogP contribution in [-0.2, 0) is 11.2 Å². The first kappa shape index (κ1) is 29.4. The summed E-state index contributed by atoms with van der Waals surface area (Å²) in [6.07, 6.45) is 8.17. The number of thioether (sulfide) groups is 1. The third-order valence-corrected chi connectivity index (χ3v) is 9.94. The summed E-state index contributed by atoms with van der Waals surface area (Å²) in [4.78, 5) is 16.2. The van der Waals surface area contributed by atoms with Crippen molar-refractivity contribution in [3.8, 4) is 0 Å². The van der Waals surface area contributed by atoms with Crippen molar-refractivity contribution in [3.05, 3.63) is 112 Å².